The van der Waals surface area contributed by atoms with Crippen LogP contribution in [0.3, 0.4) is 0 Å². The molecule has 0 radical (unpaired) electrons. The fraction of sp³-hybridized carbons (Fsp3) is 0.300. The van der Waals surface area contributed by atoms with Crippen molar-refractivity contribution in [3.63, 3.8) is 0 Å². The lowest BCUT2D eigenvalue weighted by Crippen LogP contribution is -2.46. The zero-order valence-electron chi connectivity index (χ0n) is 15.2. The molecule has 7 heteroatoms. The van der Waals surface area contributed by atoms with Crippen LogP contribution >= 0.6 is 0 Å². The first kappa shape index (κ1) is 18.7. The molecule has 142 valence electrons. The van der Waals surface area contributed by atoms with Gasteiger partial charge in [0.15, 0.2) is 18.1 Å². The maximum Gasteiger partial charge on any atom is 0.272 e. The van der Waals surface area contributed by atoms with Crippen LogP contribution in [0.5, 0.6) is 11.5 Å². The number of amides is 2. The van der Waals surface area contributed by atoms with Gasteiger partial charge in [-0.25, -0.2) is 5.43 Å². The summed E-state index contributed by atoms with van der Waals surface area (Å²) in [6, 6.07) is 15.0. The van der Waals surface area contributed by atoms with Gasteiger partial charge in [-0.15, -0.1) is 0 Å². The van der Waals surface area contributed by atoms with Crippen LogP contribution in [0.4, 0.5) is 5.69 Å². The summed E-state index contributed by atoms with van der Waals surface area (Å²) in [7, 11) is 0. The summed E-state index contributed by atoms with van der Waals surface area (Å²) in [4.78, 5) is 26.0. The average molecular weight is 369 g/mol. The molecule has 1 aliphatic rings. The van der Waals surface area contributed by atoms with Crippen molar-refractivity contribution in [1.29, 1.82) is 0 Å². The molecule has 1 heterocycles. The van der Waals surface area contributed by atoms with Gasteiger partial charge in [0.2, 0.25) is 5.91 Å². The molecule has 3 rings (SSSR count). The van der Waals surface area contributed by atoms with E-state index in [0.717, 1.165) is 17.7 Å². The Morgan fingerprint density at radius 2 is 1.74 bits per heavy atom. The second-order valence-electron chi connectivity index (χ2n) is 5.99. The standard InChI is InChI=1S/C20H23N3O4/c1-2-26-17-9-5-6-10-18(17)27-14-19(24)22-21-13-20(25)23-12-11-15-7-3-4-8-16(15)23/h3-10,21H,2,11-14H2,1H3,(H,22,24). The van der Waals surface area contributed by atoms with Crippen LogP contribution in [-0.2, 0) is 16.0 Å². The molecule has 0 saturated carbocycles. The maximum absolute atomic E-state index is 12.3. The lowest BCUT2D eigenvalue weighted by Gasteiger charge is -2.18. The highest BCUT2D eigenvalue weighted by Crippen LogP contribution is 2.27. The highest BCUT2D eigenvalue weighted by atomic mass is 16.5. The van der Waals surface area contributed by atoms with Gasteiger partial charge in [0, 0.05) is 12.2 Å². The molecule has 1 aliphatic heterocycles. The number of hydrogen-bond donors (Lipinski definition) is 2. The number of nitrogens with zero attached hydrogens (tertiary/aromatic N) is 1. The third-order valence-electron chi connectivity index (χ3n) is 4.16. The van der Waals surface area contributed by atoms with Crippen molar-refractivity contribution in [3.05, 3.63) is 54.1 Å². The molecular weight excluding hydrogens is 346 g/mol. The highest BCUT2D eigenvalue weighted by Gasteiger charge is 2.23. The Balaban J connectivity index is 1.42. The third-order valence-corrected chi connectivity index (χ3v) is 4.16. The second kappa shape index (κ2) is 9.05. The first-order chi connectivity index (χ1) is 13.2. The van der Waals surface area contributed by atoms with Crippen molar-refractivity contribution in [2.24, 2.45) is 0 Å². The summed E-state index contributed by atoms with van der Waals surface area (Å²) in [5.41, 5.74) is 7.25. The minimum atomic E-state index is -0.379. The SMILES string of the molecule is CCOc1ccccc1OCC(=O)NNCC(=O)N1CCc2ccccc21. The van der Waals surface area contributed by atoms with E-state index >= 15 is 0 Å². The molecule has 2 aromatic rings. The average Bonchev–Trinajstić information content (AvgIpc) is 3.12. The maximum atomic E-state index is 12.3. The summed E-state index contributed by atoms with van der Waals surface area (Å²) in [6.45, 7) is 2.87. The zero-order chi connectivity index (χ0) is 19.1. The van der Waals surface area contributed by atoms with Crippen molar-refractivity contribution < 1.29 is 19.1 Å². The van der Waals surface area contributed by atoms with Crippen molar-refractivity contribution >= 4 is 17.5 Å². The van der Waals surface area contributed by atoms with Crippen LogP contribution in [0.2, 0.25) is 0 Å². The number of benzene rings is 2. The molecular formula is C20H23N3O4. The number of anilines is 1. The zero-order valence-corrected chi connectivity index (χ0v) is 15.2. The Hall–Kier alpha value is -3.06. The molecule has 0 spiro atoms. The molecule has 0 unspecified atom stereocenters. The Labute approximate surface area is 158 Å². The number of fused-ring (bicyclic) bond motifs is 1. The Morgan fingerprint density at radius 3 is 2.52 bits per heavy atom. The monoisotopic (exact) mass is 369 g/mol. The molecule has 7 nitrogen and oxygen atoms in total. The quantitative estimate of drug-likeness (QED) is 0.692. The molecule has 0 saturated heterocycles. The topological polar surface area (TPSA) is 79.9 Å². The number of carbonyl (C=O) groups excluding carboxylic acids is 2. The van der Waals surface area contributed by atoms with E-state index in [1.54, 1.807) is 23.1 Å². The summed E-state index contributed by atoms with van der Waals surface area (Å²) in [5.74, 6) is 0.613. The van der Waals surface area contributed by atoms with E-state index in [1.807, 2.05) is 37.3 Å². The smallest absolute Gasteiger partial charge is 0.272 e. The van der Waals surface area contributed by atoms with Crippen LogP contribution < -0.4 is 25.2 Å². The lowest BCUT2D eigenvalue weighted by atomic mass is 10.2. The Bertz CT molecular complexity index is 809. The summed E-state index contributed by atoms with van der Waals surface area (Å²) >= 11 is 0. The van der Waals surface area contributed by atoms with E-state index < -0.39 is 0 Å². The number of carbonyl (C=O) groups is 2. The normalized spacial score (nSPS) is 12.4. The number of hydrogen-bond acceptors (Lipinski definition) is 5. The number of rotatable bonds is 8. The van der Waals surface area contributed by atoms with Gasteiger partial charge in [-0.1, -0.05) is 30.3 Å². The minimum absolute atomic E-state index is 0.00953. The van der Waals surface area contributed by atoms with Crippen LogP contribution in [0.1, 0.15) is 12.5 Å². The first-order valence-electron chi connectivity index (χ1n) is 8.93. The van der Waals surface area contributed by atoms with Crippen LogP contribution in [0.15, 0.2) is 48.5 Å². The van der Waals surface area contributed by atoms with Crippen molar-refractivity contribution in [3.8, 4) is 11.5 Å². The molecule has 0 aliphatic carbocycles. The van der Waals surface area contributed by atoms with Crippen molar-refractivity contribution in [1.82, 2.24) is 10.9 Å². The molecule has 2 amide bonds. The van der Waals surface area contributed by atoms with Gasteiger partial charge in [0.25, 0.3) is 5.91 Å². The largest absolute Gasteiger partial charge is 0.490 e. The predicted octanol–water partition coefficient (Wildman–Crippen LogP) is 1.67. The van der Waals surface area contributed by atoms with E-state index in [0.29, 0.717) is 24.7 Å². The van der Waals surface area contributed by atoms with E-state index in [4.69, 9.17) is 9.47 Å². The van der Waals surface area contributed by atoms with Gasteiger partial charge >= 0.3 is 0 Å². The summed E-state index contributed by atoms with van der Waals surface area (Å²) in [5, 5.41) is 0. The Morgan fingerprint density at radius 1 is 1.04 bits per heavy atom. The van der Waals surface area contributed by atoms with Gasteiger partial charge < -0.3 is 14.4 Å². The van der Waals surface area contributed by atoms with Crippen LogP contribution in [0, 0.1) is 0 Å². The predicted molar refractivity (Wildman–Crippen MR) is 102 cm³/mol. The third kappa shape index (κ3) is 4.77. The Kier molecular flexibility index (Phi) is 6.27. The highest BCUT2D eigenvalue weighted by molar-refractivity contribution is 5.96. The molecule has 2 aromatic carbocycles. The van der Waals surface area contributed by atoms with E-state index in [9.17, 15) is 9.59 Å². The second-order valence-corrected chi connectivity index (χ2v) is 5.99. The van der Waals surface area contributed by atoms with Crippen molar-refractivity contribution in [2.45, 2.75) is 13.3 Å². The molecule has 0 fully saturated rings. The van der Waals surface area contributed by atoms with E-state index in [2.05, 4.69) is 10.9 Å². The van der Waals surface area contributed by atoms with Crippen LogP contribution in [0.25, 0.3) is 0 Å². The van der Waals surface area contributed by atoms with Gasteiger partial charge in [-0.2, -0.15) is 0 Å². The van der Waals surface area contributed by atoms with Crippen LogP contribution in [-0.4, -0.2) is 38.1 Å². The van der Waals surface area contributed by atoms with Gasteiger partial charge in [0.05, 0.1) is 13.2 Å². The number of hydrazine groups is 1. The molecule has 0 aromatic heterocycles. The van der Waals surface area contributed by atoms with E-state index in [-0.39, 0.29) is 25.0 Å². The lowest BCUT2D eigenvalue weighted by molar-refractivity contribution is -0.124. The first-order valence-corrected chi connectivity index (χ1v) is 8.93. The number of nitrogens with one attached hydrogen (secondary N) is 2. The van der Waals surface area contributed by atoms with Crippen molar-refractivity contribution in [2.75, 3.05) is 31.2 Å². The fourth-order valence-corrected chi connectivity index (χ4v) is 2.93. The molecule has 27 heavy (non-hydrogen) atoms. The summed E-state index contributed by atoms with van der Waals surface area (Å²) < 4.78 is 10.9. The summed E-state index contributed by atoms with van der Waals surface area (Å²) in [6.07, 6.45) is 0.849. The number of ether oxygens (including phenoxy) is 2. The molecule has 0 bridgehead atoms. The number of para-hydroxylation sites is 3. The van der Waals surface area contributed by atoms with Gasteiger partial charge in [-0.3, -0.25) is 15.0 Å². The molecule has 2 N–H and O–H groups in total. The minimum Gasteiger partial charge on any atom is -0.490 e. The molecule has 0 atom stereocenters. The van der Waals surface area contributed by atoms with E-state index in [1.165, 1.54) is 0 Å². The fourth-order valence-electron chi connectivity index (χ4n) is 2.93. The van der Waals surface area contributed by atoms with Gasteiger partial charge in [0.1, 0.15) is 0 Å². The van der Waals surface area contributed by atoms with Gasteiger partial charge in [-0.05, 0) is 37.1 Å².